The number of fused-ring (bicyclic) bond motifs is 1. The van der Waals surface area contributed by atoms with E-state index in [-0.39, 0.29) is 5.78 Å². The fourth-order valence-electron chi connectivity index (χ4n) is 2.36. The van der Waals surface area contributed by atoms with Gasteiger partial charge < -0.3 is 0 Å². The van der Waals surface area contributed by atoms with Crippen LogP contribution in [0.5, 0.6) is 0 Å². The molecule has 3 rings (SSSR count). The normalized spacial score (nSPS) is 10.8. The summed E-state index contributed by atoms with van der Waals surface area (Å²) >= 11 is 7.87. The zero-order valence-electron chi connectivity index (χ0n) is 11.5. The number of halogens is 1. The third kappa shape index (κ3) is 2.69. The maximum atomic E-state index is 12.7. The maximum Gasteiger partial charge on any atom is 0.193 e. The molecule has 0 atom stereocenters. The number of benzene rings is 3. The van der Waals surface area contributed by atoms with E-state index >= 15 is 0 Å². The van der Waals surface area contributed by atoms with Crippen LogP contribution in [0.4, 0.5) is 0 Å². The van der Waals surface area contributed by atoms with Crippen LogP contribution in [0, 0.1) is 0 Å². The Kier molecular flexibility index (Phi) is 4.00. The number of ketones is 1. The molecule has 0 amide bonds. The predicted octanol–water partition coefficient (Wildman–Crippen LogP) is 5.45. The van der Waals surface area contributed by atoms with Crippen LogP contribution < -0.4 is 0 Å². The highest BCUT2D eigenvalue weighted by Gasteiger charge is 2.13. The van der Waals surface area contributed by atoms with E-state index in [0.29, 0.717) is 16.1 Å². The standard InChI is InChI=1S/C18H13ClOS/c1-21-13-8-6-12(7-9-13)18(20)16-10-11-17(19)15-5-3-2-4-14(15)16/h2-11H,1H3. The first-order valence-corrected chi connectivity index (χ1v) is 8.17. The van der Waals surface area contributed by atoms with Crippen LogP contribution in [0.3, 0.4) is 0 Å². The van der Waals surface area contributed by atoms with E-state index < -0.39 is 0 Å². The van der Waals surface area contributed by atoms with Gasteiger partial charge in [0.15, 0.2) is 5.78 Å². The third-order valence-electron chi connectivity index (χ3n) is 3.47. The Morgan fingerprint density at radius 2 is 1.57 bits per heavy atom. The summed E-state index contributed by atoms with van der Waals surface area (Å²) in [6, 6.07) is 19.0. The van der Waals surface area contributed by atoms with Gasteiger partial charge in [0.1, 0.15) is 0 Å². The number of hydrogen-bond acceptors (Lipinski definition) is 2. The minimum atomic E-state index is 0.0236. The molecule has 3 heteroatoms. The van der Waals surface area contributed by atoms with E-state index in [0.717, 1.165) is 15.7 Å². The lowest BCUT2D eigenvalue weighted by molar-refractivity contribution is 0.104. The van der Waals surface area contributed by atoms with Gasteiger partial charge in [0.05, 0.1) is 0 Å². The monoisotopic (exact) mass is 312 g/mol. The molecule has 0 spiro atoms. The third-order valence-corrected chi connectivity index (χ3v) is 4.54. The van der Waals surface area contributed by atoms with Gasteiger partial charge in [-0.25, -0.2) is 0 Å². The van der Waals surface area contributed by atoms with Crippen molar-refractivity contribution in [2.24, 2.45) is 0 Å². The summed E-state index contributed by atoms with van der Waals surface area (Å²) in [5.41, 5.74) is 1.38. The lowest BCUT2D eigenvalue weighted by atomic mass is 9.97. The molecule has 0 aliphatic carbocycles. The highest BCUT2D eigenvalue weighted by atomic mass is 35.5. The second kappa shape index (κ2) is 5.92. The zero-order chi connectivity index (χ0) is 14.8. The Hall–Kier alpha value is -1.77. The van der Waals surface area contributed by atoms with E-state index in [9.17, 15) is 4.79 Å². The topological polar surface area (TPSA) is 17.1 Å². The van der Waals surface area contributed by atoms with E-state index in [1.807, 2.05) is 54.8 Å². The van der Waals surface area contributed by atoms with Gasteiger partial charge in [0.2, 0.25) is 0 Å². The van der Waals surface area contributed by atoms with Crippen LogP contribution in [0.1, 0.15) is 15.9 Å². The smallest absolute Gasteiger partial charge is 0.193 e. The average Bonchev–Trinajstić information content (AvgIpc) is 2.55. The maximum absolute atomic E-state index is 12.7. The summed E-state index contributed by atoms with van der Waals surface area (Å²) in [5.74, 6) is 0.0236. The SMILES string of the molecule is CSc1ccc(C(=O)c2ccc(Cl)c3ccccc23)cc1. The van der Waals surface area contributed by atoms with Gasteiger partial charge in [-0.1, -0.05) is 35.9 Å². The fourth-order valence-corrected chi connectivity index (χ4v) is 2.99. The van der Waals surface area contributed by atoms with Crippen molar-refractivity contribution in [2.45, 2.75) is 4.90 Å². The molecule has 0 radical (unpaired) electrons. The molecule has 0 aliphatic heterocycles. The van der Waals surface area contributed by atoms with E-state index in [1.165, 1.54) is 0 Å². The van der Waals surface area contributed by atoms with Crippen LogP contribution >= 0.6 is 23.4 Å². The van der Waals surface area contributed by atoms with Gasteiger partial charge in [-0.15, -0.1) is 11.8 Å². The lowest BCUT2D eigenvalue weighted by Crippen LogP contribution is -2.02. The Labute approximate surface area is 132 Å². The molecular formula is C18H13ClOS. The number of carbonyl (C=O) groups is 1. The molecule has 0 N–H and O–H groups in total. The first-order chi connectivity index (χ1) is 10.2. The van der Waals surface area contributed by atoms with Gasteiger partial charge in [0, 0.05) is 26.4 Å². The van der Waals surface area contributed by atoms with Gasteiger partial charge in [-0.3, -0.25) is 4.79 Å². The van der Waals surface area contributed by atoms with Crippen molar-refractivity contribution in [1.82, 2.24) is 0 Å². The summed E-state index contributed by atoms with van der Waals surface area (Å²) in [6.07, 6.45) is 2.02. The number of rotatable bonds is 3. The van der Waals surface area contributed by atoms with Crippen molar-refractivity contribution in [3.63, 3.8) is 0 Å². The number of carbonyl (C=O) groups excluding carboxylic acids is 1. The minimum absolute atomic E-state index is 0.0236. The molecule has 0 aromatic heterocycles. The average molecular weight is 313 g/mol. The number of thioether (sulfide) groups is 1. The molecule has 0 unspecified atom stereocenters. The van der Waals surface area contributed by atoms with Crippen molar-refractivity contribution in [2.75, 3.05) is 6.26 Å². The molecule has 0 fully saturated rings. The number of hydrogen-bond donors (Lipinski definition) is 0. The molecule has 104 valence electrons. The molecular weight excluding hydrogens is 300 g/mol. The van der Waals surface area contributed by atoms with Crippen molar-refractivity contribution in [3.05, 3.63) is 76.8 Å². The second-order valence-electron chi connectivity index (χ2n) is 4.70. The van der Waals surface area contributed by atoms with Gasteiger partial charge in [-0.05, 0) is 48.0 Å². The summed E-state index contributed by atoms with van der Waals surface area (Å²) in [7, 11) is 0. The highest BCUT2D eigenvalue weighted by molar-refractivity contribution is 7.98. The summed E-state index contributed by atoms with van der Waals surface area (Å²) in [5, 5.41) is 2.47. The first kappa shape index (κ1) is 14.2. The molecule has 0 bridgehead atoms. The van der Waals surface area contributed by atoms with Crippen LogP contribution in [-0.4, -0.2) is 12.0 Å². The molecule has 3 aromatic carbocycles. The first-order valence-electron chi connectivity index (χ1n) is 6.56. The zero-order valence-corrected chi connectivity index (χ0v) is 13.0. The Balaban J connectivity index is 2.11. The molecule has 21 heavy (non-hydrogen) atoms. The van der Waals surface area contributed by atoms with Crippen LogP contribution in [0.2, 0.25) is 5.02 Å². The van der Waals surface area contributed by atoms with Crippen LogP contribution in [0.25, 0.3) is 10.8 Å². The highest BCUT2D eigenvalue weighted by Crippen LogP contribution is 2.28. The second-order valence-corrected chi connectivity index (χ2v) is 5.99. The fraction of sp³-hybridized carbons (Fsp3) is 0.0556. The molecule has 0 saturated carbocycles. The largest absolute Gasteiger partial charge is 0.289 e. The molecule has 0 aliphatic rings. The summed E-state index contributed by atoms with van der Waals surface area (Å²) in [4.78, 5) is 13.9. The molecule has 0 heterocycles. The molecule has 1 nitrogen and oxygen atoms in total. The molecule has 0 saturated heterocycles. The van der Waals surface area contributed by atoms with Gasteiger partial charge in [0.25, 0.3) is 0 Å². The van der Waals surface area contributed by atoms with E-state index in [4.69, 9.17) is 11.6 Å². The Morgan fingerprint density at radius 1 is 0.905 bits per heavy atom. The Morgan fingerprint density at radius 3 is 2.24 bits per heavy atom. The van der Waals surface area contributed by atoms with Crippen LogP contribution in [-0.2, 0) is 0 Å². The van der Waals surface area contributed by atoms with E-state index in [2.05, 4.69) is 0 Å². The van der Waals surface area contributed by atoms with Crippen molar-refractivity contribution >= 4 is 39.9 Å². The minimum Gasteiger partial charge on any atom is -0.289 e. The quantitative estimate of drug-likeness (QED) is 0.473. The van der Waals surface area contributed by atoms with Crippen molar-refractivity contribution in [1.29, 1.82) is 0 Å². The molecule has 3 aromatic rings. The van der Waals surface area contributed by atoms with E-state index in [1.54, 1.807) is 23.9 Å². The predicted molar refractivity (Wildman–Crippen MR) is 90.6 cm³/mol. The Bertz CT molecular complexity index is 809. The van der Waals surface area contributed by atoms with Crippen molar-refractivity contribution < 1.29 is 4.79 Å². The van der Waals surface area contributed by atoms with Gasteiger partial charge >= 0.3 is 0 Å². The van der Waals surface area contributed by atoms with Gasteiger partial charge in [-0.2, -0.15) is 0 Å². The lowest BCUT2D eigenvalue weighted by Gasteiger charge is -2.08. The van der Waals surface area contributed by atoms with Crippen LogP contribution in [0.15, 0.2) is 65.6 Å². The van der Waals surface area contributed by atoms with Crippen molar-refractivity contribution in [3.8, 4) is 0 Å². The summed E-state index contributed by atoms with van der Waals surface area (Å²) < 4.78 is 0. The summed E-state index contributed by atoms with van der Waals surface area (Å²) in [6.45, 7) is 0.